The van der Waals surface area contributed by atoms with E-state index in [1.165, 1.54) is 6.42 Å². The molecule has 2 rings (SSSR count). The molecule has 2 nitrogen and oxygen atoms in total. The average Bonchev–Trinajstić information content (AvgIpc) is 2.77. The van der Waals surface area contributed by atoms with E-state index in [0.29, 0.717) is 6.04 Å². The third-order valence-corrected chi connectivity index (χ3v) is 2.77. The van der Waals surface area contributed by atoms with Crippen LogP contribution < -0.4 is 11.1 Å². The van der Waals surface area contributed by atoms with Crippen molar-refractivity contribution in [1.82, 2.24) is 0 Å². The lowest BCUT2D eigenvalue weighted by Crippen LogP contribution is -2.06. The van der Waals surface area contributed by atoms with Crippen molar-refractivity contribution in [2.45, 2.75) is 26.3 Å². The van der Waals surface area contributed by atoms with Crippen molar-refractivity contribution in [3.05, 3.63) is 23.8 Å². The number of nitrogens with two attached hydrogens (primary N) is 1. The van der Waals surface area contributed by atoms with Crippen LogP contribution in [0.1, 0.15) is 18.9 Å². The molecule has 0 spiro atoms. The molecule has 0 aromatic heterocycles. The minimum Gasteiger partial charge on any atom is -0.397 e. The smallest absolute Gasteiger partial charge is 0.0579 e. The zero-order valence-corrected chi connectivity index (χ0v) is 8.17. The van der Waals surface area contributed by atoms with Crippen LogP contribution in [0.2, 0.25) is 0 Å². The van der Waals surface area contributed by atoms with Crippen LogP contribution in [0.4, 0.5) is 11.4 Å². The van der Waals surface area contributed by atoms with Crippen LogP contribution in [0.15, 0.2) is 18.2 Å². The van der Waals surface area contributed by atoms with Gasteiger partial charge in [0.05, 0.1) is 11.4 Å². The Morgan fingerprint density at radius 2 is 2.15 bits per heavy atom. The van der Waals surface area contributed by atoms with Gasteiger partial charge in [-0.15, -0.1) is 0 Å². The first-order valence-electron chi connectivity index (χ1n) is 4.80. The number of aryl methyl sites for hydroxylation is 1. The summed E-state index contributed by atoms with van der Waals surface area (Å²) in [7, 11) is 0. The van der Waals surface area contributed by atoms with Gasteiger partial charge in [0.1, 0.15) is 0 Å². The van der Waals surface area contributed by atoms with Crippen molar-refractivity contribution in [3.63, 3.8) is 0 Å². The minimum atomic E-state index is 0.643. The van der Waals surface area contributed by atoms with Gasteiger partial charge in [0.25, 0.3) is 0 Å². The first-order chi connectivity index (χ1) is 6.18. The van der Waals surface area contributed by atoms with Crippen molar-refractivity contribution in [2.75, 3.05) is 11.1 Å². The molecule has 13 heavy (non-hydrogen) atoms. The summed E-state index contributed by atoms with van der Waals surface area (Å²) in [4.78, 5) is 0. The van der Waals surface area contributed by atoms with E-state index in [9.17, 15) is 0 Å². The number of anilines is 2. The molecule has 2 heteroatoms. The highest BCUT2D eigenvalue weighted by Crippen LogP contribution is 2.34. The Labute approximate surface area is 79.1 Å². The van der Waals surface area contributed by atoms with Crippen molar-refractivity contribution >= 4 is 11.4 Å². The number of rotatable bonds is 2. The number of para-hydroxylation sites is 1. The number of hydrogen-bond acceptors (Lipinski definition) is 2. The molecule has 1 aliphatic rings. The van der Waals surface area contributed by atoms with Gasteiger partial charge in [-0.1, -0.05) is 19.1 Å². The lowest BCUT2D eigenvalue weighted by molar-refractivity contribution is 0.929. The van der Waals surface area contributed by atoms with E-state index in [1.807, 2.05) is 25.1 Å². The van der Waals surface area contributed by atoms with Crippen LogP contribution in [0.3, 0.4) is 0 Å². The molecule has 0 heterocycles. The zero-order valence-electron chi connectivity index (χ0n) is 8.17. The second kappa shape index (κ2) is 2.95. The van der Waals surface area contributed by atoms with Gasteiger partial charge >= 0.3 is 0 Å². The SMILES string of the molecule is Cc1cccc(NC2CC2C)c1N. The Bertz CT molecular complexity index is 320. The van der Waals surface area contributed by atoms with Gasteiger partial charge in [0, 0.05) is 6.04 Å². The van der Waals surface area contributed by atoms with E-state index in [2.05, 4.69) is 12.2 Å². The first-order valence-corrected chi connectivity index (χ1v) is 4.80. The summed E-state index contributed by atoms with van der Waals surface area (Å²) in [6, 6.07) is 6.77. The molecule has 1 aliphatic carbocycles. The van der Waals surface area contributed by atoms with Crippen LogP contribution in [-0.4, -0.2) is 6.04 Å². The molecule has 3 N–H and O–H groups in total. The lowest BCUT2D eigenvalue weighted by atomic mass is 10.1. The lowest BCUT2D eigenvalue weighted by Gasteiger charge is -2.10. The number of benzene rings is 1. The average molecular weight is 176 g/mol. The maximum Gasteiger partial charge on any atom is 0.0579 e. The van der Waals surface area contributed by atoms with E-state index in [4.69, 9.17) is 5.73 Å². The van der Waals surface area contributed by atoms with Gasteiger partial charge in [0.15, 0.2) is 0 Å². The number of hydrogen-bond donors (Lipinski definition) is 2. The summed E-state index contributed by atoms with van der Waals surface area (Å²) in [5.41, 5.74) is 9.08. The Balaban J connectivity index is 2.15. The van der Waals surface area contributed by atoms with E-state index in [1.54, 1.807) is 0 Å². The molecule has 2 atom stereocenters. The predicted octanol–water partition coefficient (Wildman–Crippen LogP) is 2.40. The largest absolute Gasteiger partial charge is 0.397 e. The third kappa shape index (κ3) is 1.62. The standard InChI is InChI=1S/C11H16N2/c1-7-4-3-5-9(11(7)12)13-10-6-8(10)2/h3-5,8,10,13H,6,12H2,1-2H3. The van der Waals surface area contributed by atoms with Crippen LogP contribution >= 0.6 is 0 Å². The fourth-order valence-corrected chi connectivity index (χ4v) is 1.53. The van der Waals surface area contributed by atoms with Crippen LogP contribution in [0.25, 0.3) is 0 Å². The summed E-state index contributed by atoms with van der Waals surface area (Å²) in [6.45, 7) is 4.29. The molecule has 1 saturated carbocycles. The molecule has 0 saturated heterocycles. The molecule has 1 fully saturated rings. The first kappa shape index (κ1) is 8.42. The maximum atomic E-state index is 5.94. The highest BCUT2D eigenvalue weighted by molar-refractivity contribution is 5.70. The van der Waals surface area contributed by atoms with E-state index >= 15 is 0 Å². The second-order valence-corrected chi connectivity index (χ2v) is 4.00. The van der Waals surface area contributed by atoms with Crippen molar-refractivity contribution < 1.29 is 0 Å². The Hall–Kier alpha value is -1.18. The van der Waals surface area contributed by atoms with Crippen molar-refractivity contribution in [2.24, 2.45) is 5.92 Å². The molecule has 70 valence electrons. The summed E-state index contributed by atoms with van der Waals surface area (Å²) in [6.07, 6.45) is 1.27. The number of nitrogen functional groups attached to an aromatic ring is 1. The van der Waals surface area contributed by atoms with Crippen LogP contribution in [-0.2, 0) is 0 Å². The third-order valence-electron chi connectivity index (χ3n) is 2.77. The van der Waals surface area contributed by atoms with Gasteiger partial charge in [-0.05, 0) is 30.9 Å². The van der Waals surface area contributed by atoms with Gasteiger partial charge in [-0.2, -0.15) is 0 Å². The highest BCUT2D eigenvalue weighted by atomic mass is 15.0. The molecule has 2 unspecified atom stereocenters. The summed E-state index contributed by atoms with van der Waals surface area (Å²) in [5, 5.41) is 3.45. The fraction of sp³-hybridized carbons (Fsp3) is 0.455. The second-order valence-electron chi connectivity index (χ2n) is 4.00. The Morgan fingerprint density at radius 3 is 2.77 bits per heavy atom. The van der Waals surface area contributed by atoms with E-state index < -0.39 is 0 Å². The quantitative estimate of drug-likeness (QED) is 0.679. The Kier molecular flexibility index (Phi) is 1.91. The van der Waals surface area contributed by atoms with E-state index in [0.717, 1.165) is 22.9 Å². The number of nitrogens with one attached hydrogen (secondary N) is 1. The van der Waals surface area contributed by atoms with Gasteiger partial charge in [0.2, 0.25) is 0 Å². The fourth-order valence-electron chi connectivity index (χ4n) is 1.53. The summed E-state index contributed by atoms with van der Waals surface area (Å²) < 4.78 is 0. The van der Waals surface area contributed by atoms with Gasteiger partial charge in [-0.25, -0.2) is 0 Å². The summed E-state index contributed by atoms with van der Waals surface area (Å²) >= 11 is 0. The minimum absolute atomic E-state index is 0.643. The maximum absolute atomic E-state index is 5.94. The highest BCUT2D eigenvalue weighted by Gasteiger charge is 2.32. The molecule has 1 aromatic rings. The normalized spacial score (nSPS) is 25.7. The van der Waals surface area contributed by atoms with Crippen molar-refractivity contribution in [1.29, 1.82) is 0 Å². The van der Waals surface area contributed by atoms with Gasteiger partial charge < -0.3 is 11.1 Å². The molecule has 0 amide bonds. The Morgan fingerprint density at radius 1 is 1.46 bits per heavy atom. The predicted molar refractivity (Wildman–Crippen MR) is 56.8 cm³/mol. The van der Waals surface area contributed by atoms with Gasteiger partial charge in [-0.3, -0.25) is 0 Å². The molecule has 0 radical (unpaired) electrons. The monoisotopic (exact) mass is 176 g/mol. The van der Waals surface area contributed by atoms with Crippen LogP contribution in [0, 0.1) is 12.8 Å². The van der Waals surface area contributed by atoms with Crippen molar-refractivity contribution in [3.8, 4) is 0 Å². The molecule has 0 aliphatic heterocycles. The molecular weight excluding hydrogens is 160 g/mol. The zero-order chi connectivity index (χ0) is 9.42. The topological polar surface area (TPSA) is 38.0 Å². The summed E-state index contributed by atoms with van der Waals surface area (Å²) in [5.74, 6) is 0.805. The molecule has 0 bridgehead atoms. The van der Waals surface area contributed by atoms with E-state index in [-0.39, 0.29) is 0 Å². The van der Waals surface area contributed by atoms with Crippen LogP contribution in [0.5, 0.6) is 0 Å². The molecular formula is C11H16N2. The molecule has 1 aromatic carbocycles.